The van der Waals surface area contributed by atoms with E-state index in [2.05, 4.69) is 16.9 Å². The van der Waals surface area contributed by atoms with Crippen LogP contribution in [0.1, 0.15) is 39.0 Å². The summed E-state index contributed by atoms with van der Waals surface area (Å²) in [6.45, 7) is 2.87. The van der Waals surface area contributed by atoms with Gasteiger partial charge in [0, 0.05) is 25.7 Å². The topological polar surface area (TPSA) is 90.2 Å². The lowest BCUT2D eigenvalue weighted by molar-refractivity contribution is -0.384. The van der Waals surface area contributed by atoms with Crippen molar-refractivity contribution < 1.29 is 4.92 Å². The second-order valence-corrected chi connectivity index (χ2v) is 5.53. The van der Waals surface area contributed by atoms with Crippen LogP contribution in [0.5, 0.6) is 0 Å². The minimum atomic E-state index is -0.348. The molecule has 1 fully saturated rings. The van der Waals surface area contributed by atoms with Gasteiger partial charge in [0.2, 0.25) is 5.82 Å². The van der Waals surface area contributed by atoms with E-state index in [-0.39, 0.29) is 16.7 Å². The number of aromatic nitrogens is 2. The molecule has 1 heterocycles. The van der Waals surface area contributed by atoms with E-state index in [0.29, 0.717) is 11.9 Å². The molecule has 1 aromatic heterocycles. The molecule has 1 aliphatic carbocycles. The Labute approximate surface area is 118 Å². The lowest BCUT2D eigenvalue weighted by Gasteiger charge is -2.35. The van der Waals surface area contributed by atoms with Crippen LogP contribution >= 0.6 is 0 Å². The first-order valence-corrected chi connectivity index (χ1v) is 7.23. The Kier molecular flexibility index (Phi) is 4.59. The van der Waals surface area contributed by atoms with Crippen LogP contribution in [0.15, 0.2) is 6.20 Å². The number of hydrogen-bond donors (Lipinski definition) is 1. The van der Waals surface area contributed by atoms with Crippen molar-refractivity contribution in [2.24, 2.45) is 12.8 Å². The van der Waals surface area contributed by atoms with Crippen LogP contribution in [0.25, 0.3) is 0 Å². The highest BCUT2D eigenvalue weighted by Gasteiger charge is 2.30. The van der Waals surface area contributed by atoms with Crippen LogP contribution < -0.4 is 10.6 Å². The second-order valence-electron chi connectivity index (χ2n) is 5.53. The highest BCUT2D eigenvalue weighted by atomic mass is 16.6. The highest BCUT2D eigenvalue weighted by Crippen LogP contribution is 2.32. The molecule has 2 rings (SSSR count). The van der Waals surface area contributed by atoms with Gasteiger partial charge in [0.25, 0.3) is 0 Å². The summed E-state index contributed by atoms with van der Waals surface area (Å²) in [6.07, 6.45) is 6.34. The SMILES string of the molecule is CCCN(c1nn(C)cc1[N+](=O)[O-])C1CCC(N)CC1. The van der Waals surface area contributed by atoms with Gasteiger partial charge < -0.3 is 10.6 Å². The summed E-state index contributed by atoms with van der Waals surface area (Å²) in [4.78, 5) is 12.9. The quantitative estimate of drug-likeness (QED) is 0.656. The molecule has 0 atom stereocenters. The maximum Gasteiger partial charge on any atom is 0.330 e. The molecule has 0 aromatic carbocycles. The van der Waals surface area contributed by atoms with Crippen molar-refractivity contribution in [1.82, 2.24) is 9.78 Å². The van der Waals surface area contributed by atoms with Gasteiger partial charge in [0.1, 0.15) is 6.20 Å². The lowest BCUT2D eigenvalue weighted by atomic mass is 9.90. The summed E-state index contributed by atoms with van der Waals surface area (Å²) in [5.41, 5.74) is 6.04. The van der Waals surface area contributed by atoms with Crippen molar-refractivity contribution in [3.8, 4) is 0 Å². The Morgan fingerprint density at radius 1 is 1.50 bits per heavy atom. The zero-order valence-electron chi connectivity index (χ0n) is 12.2. The standard InChI is InChI=1S/C13H23N5O2/c1-3-8-17(11-6-4-10(14)5-7-11)13-12(18(19)20)9-16(2)15-13/h9-11H,3-8,14H2,1-2H3. The Balaban J connectivity index is 2.26. The van der Waals surface area contributed by atoms with Gasteiger partial charge >= 0.3 is 5.69 Å². The largest absolute Gasteiger partial charge is 0.346 e. The molecule has 0 aliphatic heterocycles. The molecule has 7 nitrogen and oxygen atoms in total. The van der Waals surface area contributed by atoms with E-state index in [4.69, 9.17) is 5.73 Å². The van der Waals surface area contributed by atoms with Crippen molar-refractivity contribution >= 4 is 11.5 Å². The molecular formula is C13H23N5O2. The third-order valence-electron chi connectivity index (χ3n) is 3.91. The first-order valence-electron chi connectivity index (χ1n) is 7.23. The Bertz CT molecular complexity index is 465. The van der Waals surface area contributed by atoms with Gasteiger partial charge in [-0.2, -0.15) is 0 Å². The predicted molar refractivity (Wildman–Crippen MR) is 77.7 cm³/mol. The molecule has 112 valence electrons. The Morgan fingerprint density at radius 3 is 2.70 bits per heavy atom. The van der Waals surface area contributed by atoms with Crippen molar-refractivity contribution in [2.45, 2.75) is 51.1 Å². The molecule has 0 radical (unpaired) electrons. The number of nitrogens with zero attached hydrogens (tertiary/aromatic N) is 4. The first kappa shape index (κ1) is 14.8. The third-order valence-corrected chi connectivity index (χ3v) is 3.91. The van der Waals surface area contributed by atoms with E-state index in [0.717, 1.165) is 38.6 Å². The van der Waals surface area contributed by atoms with Gasteiger partial charge in [-0.15, -0.1) is 5.10 Å². The second kappa shape index (κ2) is 6.21. The van der Waals surface area contributed by atoms with Gasteiger partial charge in [-0.25, -0.2) is 0 Å². The highest BCUT2D eigenvalue weighted by molar-refractivity contribution is 5.57. The van der Waals surface area contributed by atoms with Crippen molar-refractivity contribution in [1.29, 1.82) is 0 Å². The fourth-order valence-electron chi connectivity index (χ4n) is 2.91. The molecular weight excluding hydrogens is 258 g/mol. The molecule has 0 unspecified atom stereocenters. The molecule has 20 heavy (non-hydrogen) atoms. The number of nitrogens with two attached hydrogens (primary N) is 1. The fraction of sp³-hybridized carbons (Fsp3) is 0.769. The normalized spacial score (nSPS) is 22.8. The Hall–Kier alpha value is -1.63. The molecule has 1 aromatic rings. The summed E-state index contributed by atoms with van der Waals surface area (Å²) in [5, 5.41) is 15.5. The molecule has 0 saturated heterocycles. The predicted octanol–water partition coefficient (Wildman–Crippen LogP) is 1.81. The van der Waals surface area contributed by atoms with Crippen molar-refractivity contribution in [3.63, 3.8) is 0 Å². The number of anilines is 1. The summed E-state index contributed by atoms with van der Waals surface area (Å²) in [6, 6.07) is 0.580. The first-order chi connectivity index (χ1) is 9.52. The van der Waals surface area contributed by atoms with E-state index in [1.807, 2.05) is 0 Å². The Morgan fingerprint density at radius 2 is 2.15 bits per heavy atom. The molecule has 0 amide bonds. The number of rotatable bonds is 5. The summed E-state index contributed by atoms with van der Waals surface area (Å²) >= 11 is 0. The monoisotopic (exact) mass is 281 g/mol. The summed E-state index contributed by atoms with van der Waals surface area (Å²) in [7, 11) is 1.72. The molecule has 1 aliphatic rings. The smallest absolute Gasteiger partial charge is 0.330 e. The molecule has 0 bridgehead atoms. The van der Waals surface area contributed by atoms with Crippen LogP contribution in [-0.2, 0) is 7.05 Å². The van der Waals surface area contributed by atoms with E-state index < -0.39 is 0 Å². The van der Waals surface area contributed by atoms with E-state index >= 15 is 0 Å². The van der Waals surface area contributed by atoms with Crippen LogP contribution in [0.4, 0.5) is 11.5 Å². The van der Waals surface area contributed by atoms with E-state index in [1.165, 1.54) is 10.9 Å². The van der Waals surface area contributed by atoms with Gasteiger partial charge in [-0.3, -0.25) is 14.8 Å². The van der Waals surface area contributed by atoms with Crippen molar-refractivity contribution in [2.75, 3.05) is 11.4 Å². The van der Waals surface area contributed by atoms with Gasteiger partial charge in [0.15, 0.2) is 0 Å². The van der Waals surface area contributed by atoms with Gasteiger partial charge in [-0.1, -0.05) is 6.92 Å². The fourth-order valence-corrected chi connectivity index (χ4v) is 2.91. The third kappa shape index (κ3) is 3.09. The average molecular weight is 281 g/mol. The average Bonchev–Trinajstić information content (AvgIpc) is 2.79. The van der Waals surface area contributed by atoms with Crippen LogP contribution in [0.3, 0.4) is 0 Å². The van der Waals surface area contributed by atoms with E-state index in [9.17, 15) is 10.1 Å². The van der Waals surface area contributed by atoms with E-state index in [1.54, 1.807) is 7.05 Å². The van der Waals surface area contributed by atoms with Crippen molar-refractivity contribution in [3.05, 3.63) is 16.3 Å². The molecule has 1 saturated carbocycles. The van der Waals surface area contributed by atoms with Crippen LogP contribution in [0, 0.1) is 10.1 Å². The lowest BCUT2D eigenvalue weighted by Crippen LogP contribution is -2.42. The summed E-state index contributed by atoms with van der Waals surface area (Å²) in [5.74, 6) is 0.500. The molecule has 0 spiro atoms. The minimum Gasteiger partial charge on any atom is -0.346 e. The van der Waals surface area contributed by atoms with Gasteiger partial charge in [0.05, 0.1) is 4.92 Å². The number of nitro groups is 1. The maximum atomic E-state index is 11.2. The zero-order valence-corrected chi connectivity index (χ0v) is 12.2. The zero-order chi connectivity index (χ0) is 14.7. The summed E-state index contributed by atoms with van der Waals surface area (Å²) < 4.78 is 1.52. The molecule has 7 heteroatoms. The van der Waals surface area contributed by atoms with Crippen LogP contribution in [-0.4, -0.2) is 33.3 Å². The number of aryl methyl sites for hydroxylation is 1. The van der Waals surface area contributed by atoms with Gasteiger partial charge in [-0.05, 0) is 32.1 Å². The maximum absolute atomic E-state index is 11.2. The minimum absolute atomic E-state index is 0.0934. The molecule has 2 N–H and O–H groups in total. The van der Waals surface area contributed by atoms with Crippen LogP contribution in [0.2, 0.25) is 0 Å². The number of hydrogen-bond acceptors (Lipinski definition) is 5.